The Labute approximate surface area is 114 Å². The summed E-state index contributed by atoms with van der Waals surface area (Å²) in [7, 11) is -3.76. The molecule has 1 N–H and O–H groups in total. The first-order valence-electron chi connectivity index (χ1n) is 5.25. The number of hydrogen-bond donors (Lipinski definition) is 1. The Morgan fingerprint density at radius 3 is 2.72 bits per heavy atom. The third-order valence-electron chi connectivity index (χ3n) is 2.34. The van der Waals surface area contributed by atoms with E-state index in [1.54, 1.807) is 6.92 Å². The van der Waals surface area contributed by atoms with Crippen LogP contribution in [-0.4, -0.2) is 14.5 Å². The van der Waals surface area contributed by atoms with E-state index >= 15 is 0 Å². The molecule has 0 saturated carbocycles. The highest BCUT2D eigenvalue weighted by Crippen LogP contribution is 2.23. The summed E-state index contributed by atoms with van der Waals surface area (Å²) < 4.78 is 39.5. The molecule has 0 spiro atoms. The molecule has 7 heteroatoms. The zero-order chi connectivity index (χ0) is 13.8. The Balaban J connectivity index is 3.03. The topological polar surface area (TPSA) is 70.0 Å². The molecule has 98 valence electrons. The minimum absolute atomic E-state index is 0.0414. The SMILES string of the molecule is CCC(CC#N)NS(=O)(=O)c1ccc(F)cc1Br. The average molecular weight is 335 g/mol. The van der Waals surface area contributed by atoms with Crippen LogP contribution in [0.1, 0.15) is 19.8 Å². The zero-order valence-electron chi connectivity index (χ0n) is 9.65. The summed E-state index contributed by atoms with van der Waals surface area (Å²) in [6, 6.07) is 4.81. The van der Waals surface area contributed by atoms with Gasteiger partial charge in [0.1, 0.15) is 5.82 Å². The molecule has 0 aliphatic heterocycles. The third kappa shape index (κ3) is 3.77. The zero-order valence-corrected chi connectivity index (χ0v) is 12.1. The summed E-state index contributed by atoms with van der Waals surface area (Å²) >= 11 is 3.01. The van der Waals surface area contributed by atoms with Crippen molar-refractivity contribution in [3.05, 3.63) is 28.5 Å². The summed E-state index contributed by atoms with van der Waals surface area (Å²) in [5.74, 6) is -0.523. The lowest BCUT2D eigenvalue weighted by Crippen LogP contribution is -2.34. The molecule has 4 nitrogen and oxygen atoms in total. The first kappa shape index (κ1) is 15.1. The predicted molar refractivity (Wildman–Crippen MR) is 68.7 cm³/mol. The van der Waals surface area contributed by atoms with Crippen molar-refractivity contribution in [2.45, 2.75) is 30.7 Å². The molecule has 1 unspecified atom stereocenters. The molecule has 1 aromatic rings. The fourth-order valence-electron chi connectivity index (χ4n) is 1.36. The van der Waals surface area contributed by atoms with Gasteiger partial charge in [-0.1, -0.05) is 6.92 Å². The minimum Gasteiger partial charge on any atom is -0.207 e. The van der Waals surface area contributed by atoms with E-state index in [-0.39, 0.29) is 15.8 Å². The summed E-state index contributed by atoms with van der Waals surface area (Å²) in [5, 5.41) is 8.58. The van der Waals surface area contributed by atoms with Crippen molar-refractivity contribution in [3.8, 4) is 6.07 Å². The fraction of sp³-hybridized carbons (Fsp3) is 0.364. The van der Waals surface area contributed by atoms with Crippen LogP contribution >= 0.6 is 15.9 Å². The highest BCUT2D eigenvalue weighted by Gasteiger charge is 2.21. The minimum atomic E-state index is -3.76. The molecular formula is C11H12BrFN2O2S. The molecular weight excluding hydrogens is 323 g/mol. The summed E-state index contributed by atoms with van der Waals surface area (Å²) in [4.78, 5) is -0.0414. The maximum absolute atomic E-state index is 12.9. The van der Waals surface area contributed by atoms with E-state index in [4.69, 9.17) is 5.26 Å². The van der Waals surface area contributed by atoms with E-state index in [1.807, 2.05) is 6.07 Å². The van der Waals surface area contributed by atoms with Gasteiger partial charge in [0.15, 0.2) is 0 Å². The Bertz CT molecular complexity index is 569. The molecule has 0 aliphatic rings. The van der Waals surface area contributed by atoms with Crippen molar-refractivity contribution in [1.29, 1.82) is 5.26 Å². The van der Waals surface area contributed by atoms with Crippen molar-refractivity contribution in [1.82, 2.24) is 4.72 Å². The fourth-order valence-corrected chi connectivity index (χ4v) is 3.72. The lowest BCUT2D eigenvalue weighted by Gasteiger charge is -2.14. The van der Waals surface area contributed by atoms with Crippen LogP contribution in [0.2, 0.25) is 0 Å². The summed E-state index contributed by atoms with van der Waals surface area (Å²) in [6.45, 7) is 1.78. The molecule has 0 saturated heterocycles. The van der Waals surface area contributed by atoms with Crippen molar-refractivity contribution in [2.24, 2.45) is 0 Å². The molecule has 0 heterocycles. The number of sulfonamides is 1. The first-order chi connectivity index (χ1) is 8.40. The second-order valence-corrected chi connectivity index (χ2v) is 6.20. The number of nitrogens with one attached hydrogen (secondary N) is 1. The van der Waals surface area contributed by atoms with Crippen LogP contribution in [0.3, 0.4) is 0 Å². The van der Waals surface area contributed by atoms with Gasteiger partial charge in [-0.15, -0.1) is 0 Å². The van der Waals surface area contributed by atoms with Crippen molar-refractivity contribution < 1.29 is 12.8 Å². The van der Waals surface area contributed by atoms with E-state index in [1.165, 1.54) is 6.07 Å². The Morgan fingerprint density at radius 2 is 2.22 bits per heavy atom. The van der Waals surface area contributed by atoms with Crippen LogP contribution in [0.15, 0.2) is 27.6 Å². The highest BCUT2D eigenvalue weighted by molar-refractivity contribution is 9.10. The molecule has 0 aromatic heterocycles. The number of hydrogen-bond acceptors (Lipinski definition) is 3. The maximum Gasteiger partial charge on any atom is 0.241 e. The van der Waals surface area contributed by atoms with Crippen LogP contribution in [0, 0.1) is 17.1 Å². The van der Waals surface area contributed by atoms with Crippen LogP contribution in [-0.2, 0) is 10.0 Å². The van der Waals surface area contributed by atoms with Gasteiger partial charge in [-0.2, -0.15) is 5.26 Å². The molecule has 0 aliphatic carbocycles. The first-order valence-corrected chi connectivity index (χ1v) is 7.52. The van der Waals surface area contributed by atoms with Crippen LogP contribution in [0.25, 0.3) is 0 Å². The number of nitrogens with zero attached hydrogens (tertiary/aromatic N) is 1. The molecule has 1 atom stereocenters. The van der Waals surface area contributed by atoms with Gasteiger partial charge in [-0.3, -0.25) is 0 Å². The van der Waals surface area contributed by atoms with Gasteiger partial charge in [0.25, 0.3) is 0 Å². The molecule has 0 fully saturated rings. The van der Waals surface area contributed by atoms with Gasteiger partial charge in [0, 0.05) is 10.5 Å². The quantitative estimate of drug-likeness (QED) is 0.899. The standard InChI is InChI=1S/C11H12BrFN2O2S/c1-2-9(5-6-14)15-18(16,17)11-4-3-8(13)7-10(11)12/h3-4,7,9,15H,2,5H2,1H3. The monoisotopic (exact) mass is 334 g/mol. The number of rotatable bonds is 5. The maximum atomic E-state index is 12.9. The normalized spacial score (nSPS) is 13.0. The number of nitriles is 1. The number of benzene rings is 1. The van der Waals surface area contributed by atoms with E-state index in [9.17, 15) is 12.8 Å². The second kappa shape index (κ2) is 6.27. The van der Waals surface area contributed by atoms with Gasteiger partial charge in [0.2, 0.25) is 10.0 Å². The highest BCUT2D eigenvalue weighted by atomic mass is 79.9. The molecule has 0 radical (unpaired) electrons. The number of halogens is 2. The van der Waals surface area contributed by atoms with Gasteiger partial charge < -0.3 is 0 Å². The molecule has 1 aromatic carbocycles. The van der Waals surface area contributed by atoms with Gasteiger partial charge in [-0.05, 0) is 40.5 Å². The van der Waals surface area contributed by atoms with E-state index in [0.717, 1.165) is 12.1 Å². The Hall–Kier alpha value is -0.970. The van der Waals surface area contributed by atoms with Crippen LogP contribution in [0.4, 0.5) is 4.39 Å². The molecule has 0 bridgehead atoms. The lowest BCUT2D eigenvalue weighted by molar-refractivity contribution is 0.542. The third-order valence-corrected chi connectivity index (χ3v) is 4.83. The van der Waals surface area contributed by atoms with E-state index in [0.29, 0.717) is 6.42 Å². The van der Waals surface area contributed by atoms with E-state index < -0.39 is 21.9 Å². The van der Waals surface area contributed by atoms with Gasteiger partial charge >= 0.3 is 0 Å². The van der Waals surface area contributed by atoms with Crippen molar-refractivity contribution >= 4 is 26.0 Å². The molecule has 18 heavy (non-hydrogen) atoms. The van der Waals surface area contributed by atoms with E-state index in [2.05, 4.69) is 20.7 Å². The second-order valence-electron chi connectivity index (χ2n) is 3.66. The van der Waals surface area contributed by atoms with Gasteiger partial charge in [-0.25, -0.2) is 17.5 Å². The molecule has 1 rings (SSSR count). The molecule has 0 amide bonds. The lowest BCUT2D eigenvalue weighted by atomic mass is 10.2. The van der Waals surface area contributed by atoms with Crippen molar-refractivity contribution in [3.63, 3.8) is 0 Å². The smallest absolute Gasteiger partial charge is 0.207 e. The van der Waals surface area contributed by atoms with Crippen LogP contribution < -0.4 is 4.72 Å². The summed E-state index contributed by atoms with van der Waals surface area (Å²) in [6.07, 6.45) is 0.597. The largest absolute Gasteiger partial charge is 0.241 e. The Kier molecular flexibility index (Phi) is 5.26. The van der Waals surface area contributed by atoms with Crippen LogP contribution in [0.5, 0.6) is 0 Å². The average Bonchev–Trinajstić information content (AvgIpc) is 2.27. The van der Waals surface area contributed by atoms with Gasteiger partial charge in [0.05, 0.1) is 17.4 Å². The predicted octanol–water partition coefficient (Wildman–Crippen LogP) is 2.56. The summed E-state index contributed by atoms with van der Waals surface area (Å²) in [5.41, 5.74) is 0. The van der Waals surface area contributed by atoms with Crippen molar-refractivity contribution in [2.75, 3.05) is 0 Å². The Morgan fingerprint density at radius 1 is 1.56 bits per heavy atom.